The molecule has 0 aliphatic carbocycles. The molecule has 3 rings (SSSR count). The van der Waals surface area contributed by atoms with Crippen LogP contribution in [0.2, 0.25) is 0 Å². The van der Waals surface area contributed by atoms with Gasteiger partial charge in [-0.3, -0.25) is 10.2 Å². The quantitative estimate of drug-likeness (QED) is 0.345. The van der Waals surface area contributed by atoms with Gasteiger partial charge in [-0.1, -0.05) is 12.1 Å². The minimum absolute atomic E-state index is 0.228. The molecule has 0 saturated carbocycles. The molecule has 28 heavy (non-hydrogen) atoms. The van der Waals surface area contributed by atoms with Crippen molar-refractivity contribution < 1.29 is 24.0 Å². The molecular weight excluding hydrogens is 382 g/mol. The normalized spacial score (nSPS) is 22.7. The van der Waals surface area contributed by atoms with E-state index >= 15 is 0 Å². The number of hydrazine groups is 1. The first-order valence-corrected chi connectivity index (χ1v) is 9.62. The molecular formula is C18H26N5O4S+. The number of quaternary nitrogens is 1. The molecule has 2 heterocycles. The lowest BCUT2D eigenvalue weighted by Gasteiger charge is -2.25. The zero-order chi connectivity index (χ0) is 20.1. The molecule has 10 heteroatoms. The van der Waals surface area contributed by atoms with E-state index in [1.807, 2.05) is 0 Å². The third-order valence-electron chi connectivity index (χ3n) is 5.02. The van der Waals surface area contributed by atoms with Crippen LogP contribution in [0.4, 0.5) is 4.79 Å². The van der Waals surface area contributed by atoms with E-state index < -0.39 is 17.5 Å². The Balaban J connectivity index is 1.57. The van der Waals surface area contributed by atoms with Crippen molar-refractivity contribution in [2.75, 3.05) is 46.5 Å². The van der Waals surface area contributed by atoms with E-state index in [-0.39, 0.29) is 5.11 Å². The Morgan fingerprint density at radius 1 is 1.39 bits per heavy atom. The van der Waals surface area contributed by atoms with E-state index in [9.17, 15) is 9.59 Å². The van der Waals surface area contributed by atoms with Gasteiger partial charge in [0.05, 0.1) is 33.4 Å². The Hall–Kier alpha value is -2.43. The molecule has 2 aliphatic heterocycles. The van der Waals surface area contributed by atoms with Gasteiger partial charge >= 0.3 is 6.03 Å². The van der Waals surface area contributed by atoms with Gasteiger partial charge in [0.15, 0.2) is 5.11 Å². The highest BCUT2D eigenvalue weighted by molar-refractivity contribution is 7.80. The number of morpholine rings is 1. The SMILES string of the molecule is COc1cccc([C@@]2(C)NC(=O)N(NC(=S)NCC[NH+]3CCOCC3)C2=O)c1. The number of carbonyl (C=O) groups excluding carboxylic acids is 2. The Morgan fingerprint density at radius 3 is 2.86 bits per heavy atom. The van der Waals surface area contributed by atoms with Crippen LogP contribution in [0.5, 0.6) is 5.75 Å². The predicted octanol–water partition coefficient (Wildman–Crippen LogP) is -1.24. The summed E-state index contributed by atoms with van der Waals surface area (Å²) >= 11 is 5.24. The number of carbonyl (C=O) groups is 2. The second-order valence-corrected chi connectivity index (χ2v) is 7.32. The zero-order valence-electron chi connectivity index (χ0n) is 16.0. The highest BCUT2D eigenvalue weighted by Gasteiger charge is 2.50. The largest absolute Gasteiger partial charge is 0.497 e. The van der Waals surface area contributed by atoms with Crippen molar-refractivity contribution in [1.29, 1.82) is 0 Å². The Kier molecular flexibility index (Phi) is 6.32. The van der Waals surface area contributed by atoms with E-state index in [1.54, 1.807) is 38.3 Å². The number of hydrogen-bond donors (Lipinski definition) is 4. The molecule has 2 fully saturated rings. The number of ether oxygens (including phenoxy) is 2. The van der Waals surface area contributed by atoms with Crippen LogP contribution in [0.15, 0.2) is 24.3 Å². The van der Waals surface area contributed by atoms with E-state index in [1.165, 1.54) is 4.90 Å². The molecule has 0 aromatic heterocycles. The molecule has 9 nitrogen and oxygen atoms in total. The van der Waals surface area contributed by atoms with Gasteiger partial charge in [-0.25, -0.2) is 4.79 Å². The van der Waals surface area contributed by atoms with Gasteiger partial charge in [0, 0.05) is 0 Å². The van der Waals surface area contributed by atoms with E-state index in [0.717, 1.165) is 37.9 Å². The van der Waals surface area contributed by atoms with E-state index in [4.69, 9.17) is 21.7 Å². The van der Waals surface area contributed by atoms with Crippen molar-refractivity contribution in [3.63, 3.8) is 0 Å². The van der Waals surface area contributed by atoms with Gasteiger partial charge in [0.1, 0.15) is 24.4 Å². The summed E-state index contributed by atoms with van der Waals surface area (Å²) < 4.78 is 10.5. The molecule has 0 radical (unpaired) electrons. The minimum Gasteiger partial charge on any atom is -0.497 e. The van der Waals surface area contributed by atoms with E-state index in [0.29, 0.717) is 17.9 Å². The fourth-order valence-corrected chi connectivity index (χ4v) is 3.47. The first-order valence-electron chi connectivity index (χ1n) is 9.21. The number of amides is 3. The number of thiocarbonyl (C=S) groups is 1. The molecule has 0 bridgehead atoms. The first-order chi connectivity index (χ1) is 13.4. The average Bonchev–Trinajstić information content (AvgIpc) is 2.93. The first kappa shape index (κ1) is 20.3. The monoisotopic (exact) mass is 408 g/mol. The van der Waals surface area contributed by atoms with Gasteiger partial charge in [-0.05, 0) is 36.8 Å². The summed E-state index contributed by atoms with van der Waals surface area (Å²) in [7, 11) is 1.55. The average molecular weight is 409 g/mol. The molecule has 3 amide bonds. The number of imide groups is 1. The van der Waals surface area contributed by atoms with Crippen LogP contribution >= 0.6 is 12.2 Å². The summed E-state index contributed by atoms with van der Waals surface area (Å²) in [6, 6.07) is 6.49. The summed E-state index contributed by atoms with van der Waals surface area (Å²) in [5.41, 5.74) is 2.12. The Bertz CT molecular complexity index is 755. The van der Waals surface area contributed by atoms with Gasteiger partial charge in [-0.2, -0.15) is 5.01 Å². The smallest absolute Gasteiger partial charge is 0.344 e. The van der Waals surface area contributed by atoms with Crippen molar-refractivity contribution in [3.05, 3.63) is 29.8 Å². The van der Waals surface area contributed by atoms with Crippen LogP contribution in [-0.4, -0.2) is 68.6 Å². The fourth-order valence-electron chi connectivity index (χ4n) is 3.27. The standard InChI is InChI=1S/C18H25N5O4S/c1-18(13-4-3-5-14(12-13)26-2)15(24)23(17(25)20-18)21-16(28)19-6-7-22-8-10-27-11-9-22/h3-5,12H,6-11H2,1-2H3,(H,20,25)(H2,19,21,28)/p+1/t18-/m1/s1. The summed E-state index contributed by atoms with van der Waals surface area (Å²) in [6.45, 7) is 6.64. The molecule has 2 saturated heterocycles. The van der Waals surface area contributed by atoms with Crippen LogP contribution < -0.4 is 25.7 Å². The molecule has 1 aromatic rings. The Labute approximate surface area is 169 Å². The second-order valence-electron chi connectivity index (χ2n) is 6.91. The van der Waals surface area contributed by atoms with Crippen molar-refractivity contribution >= 4 is 29.3 Å². The predicted molar refractivity (Wildman–Crippen MR) is 106 cm³/mol. The molecule has 0 spiro atoms. The fraction of sp³-hybridized carbons (Fsp3) is 0.500. The van der Waals surface area contributed by atoms with Crippen molar-refractivity contribution in [2.24, 2.45) is 0 Å². The molecule has 0 unspecified atom stereocenters. The molecule has 2 aliphatic rings. The Morgan fingerprint density at radius 2 is 2.14 bits per heavy atom. The molecule has 4 N–H and O–H groups in total. The number of methoxy groups -OCH3 is 1. The maximum absolute atomic E-state index is 12.9. The summed E-state index contributed by atoms with van der Waals surface area (Å²) in [5, 5.41) is 6.91. The lowest BCUT2D eigenvalue weighted by molar-refractivity contribution is -0.906. The highest BCUT2D eigenvalue weighted by Crippen LogP contribution is 2.30. The third-order valence-corrected chi connectivity index (χ3v) is 5.25. The zero-order valence-corrected chi connectivity index (χ0v) is 16.9. The molecule has 1 aromatic carbocycles. The minimum atomic E-state index is -1.20. The van der Waals surface area contributed by atoms with Gasteiger partial charge < -0.3 is 25.0 Å². The number of urea groups is 1. The molecule has 1 atom stereocenters. The van der Waals surface area contributed by atoms with Crippen LogP contribution in [-0.2, 0) is 15.1 Å². The number of nitrogens with one attached hydrogen (secondary N) is 4. The molecule has 152 valence electrons. The van der Waals surface area contributed by atoms with Crippen molar-refractivity contribution in [3.8, 4) is 5.75 Å². The summed E-state index contributed by atoms with van der Waals surface area (Å²) in [4.78, 5) is 26.7. The van der Waals surface area contributed by atoms with Crippen LogP contribution in [0.3, 0.4) is 0 Å². The van der Waals surface area contributed by atoms with Crippen molar-refractivity contribution in [1.82, 2.24) is 21.1 Å². The highest BCUT2D eigenvalue weighted by atomic mass is 32.1. The van der Waals surface area contributed by atoms with Crippen LogP contribution in [0.25, 0.3) is 0 Å². The third kappa shape index (κ3) is 4.34. The second kappa shape index (κ2) is 8.72. The summed E-state index contributed by atoms with van der Waals surface area (Å²) in [5.74, 6) is 0.170. The lowest BCUT2D eigenvalue weighted by atomic mass is 9.92. The van der Waals surface area contributed by atoms with E-state index in [2.05, 4.69) is 16.1 Å². The topological polar surface area (TPSA) is 96.4 Å². The lowest BCUT2D eigenvalue weighted by Crippen LogP contribution is -3.14. The van der Waals surface area contributed by atoms with Crippen LogP contribution in [0.1, 0.15) is 12.5 Å². The summed E-state index contributed by atoms with van der Waals surface area (Å²) in [6.07, 6.45) is 0. The number of benzene rings is 1. The number of hydrogen-bond acceptors (Lipinski definition) is 5. The van der Waals surface area contributed by atoms with Crippen LogP contribution in [0, 0.1) is 0 Å². The van der Waals surface area contributed by atoms with Gasteiger partial charge in [-0.15, -0.1) is 0 Å². The number of nitrogens with zero attached hydrogens (tertiary/aromatic N) is 1. The van der Waals surface area contributed by atoms with Gasteiger partial charge in [0.2, 0.25) is 0 Å². The maximum atomic E-state index is 12.9. The number of rotatable bonds is 6. The van der Waals surface area contributed by atoms with Crippen molar-refractivity contribution in [2.45, 2.75) is 12.5 Å². The van der Waals surface area contributed by atoms with Gasteiger partial charge in [0.25, 0.3) is 5.91 Å². The maximum Gasteiger partial charge on any atom is 0.344 e.